The molecular formula is C16H29N5OS. The van der Waals surface area contributed by atoms with Crippen LogP contribution in [-0.2, 0) is 6.42 Å². The molecule has 1 atom stereocenters. The number of nitrogens with zero attached hydrogens (tertiary/aromatic N) is 3. The van der Waals surface area contributed by atoms with E-state index in [1.54, 1.807) is 11.3 Å². The zero-order valence-corrected chi connectivity index (χ0v) is 15.3. The van der Waals surface area contributed by atoms with Gasteiger partial charge >= 0.3 is 6.03 Å². The van der Waals surface area contributed by atoms with Crippen LogP contribution in [0.25, 0.3) is 0 Å². The number of rotatable bonds is 7. The normalized spacial score (nSPS) is 17.9. The van der Waals surface area contributed by atoms with Crippen molar-refractivity contribution in [2.24, 2.45) is 0 Å². The van der Waals surface area contributed by atoms with Gasteiger partial charge < -0.3 is 15.5 Å². The Bertz CT molecular complexity index is 485. The molecule has 0 spiro atoms. The summed E-state index contributed by atoms with van der Waals surface area (Å²) in [6.45, 7) is 13.2. The first-order valence-corrected chi connectivity index (χ1v) is 9.35. The third-order valence-corrected chi connectivity index (χ3v) is 5.19. The fourth-order valence-corrected chi connectivity index (χ4v) is 3.43. The molecular weight excluding hydrogens is 310 g/mol. The van der Waals surface area contributed by atoms with E-state index in [9.17, 15) is 4.79 Å². The third kappa shape index (κ3) is 6.08. The highest BCUT2D eigenvalue weighted by atomic mass is 32.1. The molecule has 0 bridgehead atoms. The average Bonchev–Trinajstić information content (AvgIpc) is 2.98. The first-order valence-electron chi connectivity index (χ1n) is 8.47. The van der Waals surface area contributed by atoms with Gasteiger partial charge in [0.15, 0.2) is 0 Å². The molecule has 0 saturated carbocycles. The first-order chi connectivity index (χ1) is 11.1. The number of thiazole rings is 1. The zero-order chi connectivity index (χ0) is 16.7. The van der Waals surface area contributed by atoms with Crippen LogP contribution in [0.5, 0.6) is 0 Å². The summed E-state index contributed by atoms with van der Waals surface area (Å²) >= 11 is 1.65. The van der Waals surface area contributed by atoms with Gasteiger partial charge in [-0.05, 0) is 20.4 Å². The number of carbonyl (C=O) groups is 1. The molecule has 2 amide bonds. The van der Waals surface area contributed by atoms with Gasteiger partial charge in [0, 0.05) is 57.1 Å². The van der Waals surface area contributed by atoms with E-state index >= 15 is 0 Å². The molecule has 7 heteroatoms. The van der Waals surface area contributed by atoms with E-state index < -0.39 is 0 Å². The molecule has 1 aromatic rings. The number of aromatic nitrogens is 1. The molecule has 2 rings (SSSR count). The van der Waals surface area contributed by atoms with Gasteiger partial charge in [0.25, 0.3) is 0 Å². The molecule has 6 nitrogen and oxygen atoms in total. The number of hydrogen-bond donors (Lipinski definition) is 2. The maximum absolute atomic E-state index is 11.9. The van der Waals surface area contributed by atoms with E-state index in [2.05, 4.69) is 39.3 Å². The van der Waals surface area contributed by atoms with Crippen LogP contribution in [0.4, 0.5) is 4.79 Å². The van der Waals surface area contributed by atoms with Crippen molar-refractivity contribution in [3.8, 4) is 0 Å². The molecule has 1 fully saturated rings. The van der Waals surface area contributed by atoms with Crippen molar-refractivity contribution < 1.29 is 4.79 Å². The Labute approximate surface area is 143 Å². The number of nitrogens with one attached hydrogen (secondary N) is 2. The summed E-state index contributed by atoms with van der Waals surface area (Å²) < 4.78 is 0. The van der Waals surface area contributed by atoms with E-state index in [0.717, 1.165) is 49.8 Å². The van der Waals surface area contributed by atoms with Crippen LogP contribution in [0.1, 0.15) is 24.5 Å². The summed E-state index contributed by atoms with van der Waals surface area (Å²) in [4.78, 5) is 21.2. The fourth-order valence-electron chi connectivity index (χ4n) is 2.78. The lowest BCUT2D eigenvalue weighted by Gasteiger charge is -2.37. The molecule has 0 radical (unpaired) electrons. The molecule has 1 saturated heterocycles. The van der Waals surface area contributed by atoms with E-state index in [1.165, 1.54) is 0 Å². The van der Waals surface area contributed by atoms with Gasteiger partial charge in [0.2, 0.25) is 0 Å². The van der Waals surface area contributed by atoms with Crippen LogP contribution in [0.15, 0.2) is 5.38 Å². The minimum atomic E-state index is -0.0870. The summed E-state index contributed by atoms with van der Waals surface area (Å²) in [7, 11) is 0. The van der Waals surface area contributed by atoms with Gasteiger partial charge in [0.05, 0.1) is 10.7 Å². The van der Waals surface area contributed by atoms with Crippen LogP contribution in [-0.4, -0.2) is 72.7 Å². The smallest absolute Gasteiger partial charge is 0.314 e. The highest BCUT2D eigenvalue weighted by molar-refractivity contribution is 7.09. The van der Waals surface area contributed by atoms with Crippen molar-refractivity contribution in [1.82, 2.24) is 25.4 Å². The number of likely N-dealkylation sites (N-methyl/N-ethyl adjacent to an activating group) is 1. The van der Waals surface area contributed by atoms with Crippen molar-refractivity contribution in [2.75, 3.05) is 45.8 Å². The largest absolute Gasteiger partial charge is 0.338 e. The van der Waals surface area contributed by atoms with Crippen molar-refractivity contribution in [3.63, 3.8) is 0 Å². The minimum absolute atomic E-state index is 0.0870. The summed E-state index contributed by atoms with van der Waals surface area (Å²) in [6, 6.07) is 0.289. The number of amides is 2. The van der Waals surface area contributed by atoms with Crippen LogP contribution in [0.3, 0.4) is 0 Å². The second-order valence-corrected chi connectivity index (χ2v) is 7.13. The molecule has 23 heavy (non-hydrogen) atoms. The molecule has 1 aliphatic rings. The molecule has 0 aromatic carbocycles. The van der Waals surface area contributed by atoms with E-state index in [1.807, 2.05) is 12.3 Å². The van der Waals surface area contributed by atoms with Gasteiger partial charge in [-0.2, -0.15) is 0 Å². The van der Waals surface area contributed by atoms with Gasteiger partial charge in [-0.1, -0.05) is 6.92 Å². The molecule has 0 unspecified atom stereocenters. The van der Waals surface area contributed by atoms with Crippen LogP contribution in [0, 0.1) is 6.92 Å². The lowest BCUT2D eigenvalue weighted by molar-refractivity contribution is 0.106. The Kier molecular flexibility index (Phi) is 7.26. The number of hydrogen-bond acceptors (Lipinski definition) is 5. The monoisotopic (exact) mass is 339 g/mol. The Morgan fingerprint density at radius 2 is 2.09 bits per heavy atom. The predicted octanol–water partition coefficient (Wildman–Crippen LogP) is 1.32. The van der Waals surface area contributed by atoms with Crippen molar-refractivity contribution in [3.05, 3.63) is 16.1 Å². The van der Waals surface area contributed by atoms with Gasteiger partial charge in [0.1, 0.15) is 0 Å². The number of aryl methyl sites for hydroxylation is 1. The maximum Gasteiger partial charge on any atom is 0.314 e. The van der Waals surface area contributed by atoms with Gasteiger partial charge in [-0.25, -0.2) is 9.78 Å². The van der Waals surface area contributed by atoms with E-state index in [4.69, 9.17) is 0 Å². The third-order valence-electron chi connectivity index (χ3n) is 4.37. The van der Waals surface area contributed by atoms with Gasteiger partial charge in [-0.3, -0.25) is 4.90 Å². The molecule has 1 aliphatic heterocycles. The summed E-state index contributed by atoms with van der Waals surface area (Å²) in [5.74, 6) is 0. The molecule has 0 aliphatic carbocycles. The van der Waals surface area contributed by atoms with Crippen LogP contribution < -0.4 is 10.6 Å². The molecule has 2 N–H and O–H groups in total. The first kappa shape index (κ1) is 18.2. The number of urea groups is 1. The highest BCUT2D eigenvalue weighted by Crippen LogP contribution is 2.08. The van der Waals surface area contributed by atoms with E-state index in [0.29, 0.717) is 19.1 Å². The van der Waals surface area contributed by atoms with Crippen LogP contribution in [0.2, 0.25) is 0 Å². The Morgan fingerprint density at radius 1 is 1.35 bits per heavy atom. The van der Waals surface area contributed by atoms with Crippen molar-refractivity contribution in [1.29, 1.82) is 0 Å². The highest BCUT2D eigenvalue weighted by Gasteiger charge is 2.20. The molecule has 1 aromatic heterocycles. The quantitative estimate of drug-likeness (QED) is 0.787. The lowest BCUT2D eigenvalue weighted by Crippen LogP contribution is -2.52. The number of carbonyl (C=O) groups excluding carboxylic acids is 1. The Morgan fingerprint density at radius 3 is 2.70 bits per heavy atom. The predicted molar refractivity (Wildman–Crippen MR) is 95.1 cm³/mol. The number of piperazine rings is 1. The Balaban J connectivity index is 1.58. The summed E-state index contributed by atoms with van der Waals surface area (Å²) in [5, 5.41) is 9.00. The second kappa shape index (κ2) is 9.20. The average molecular weight is 340 g/mol. The van der Waals surface area contributed by atoms with Crippen molar-refractivity contribution in [2.45, 2.75) is 33.2 Å². The summed E-state index contributed by atoms with van der Waals surface area (Å²) in [5.41, 5.74) is 1.05. The van der Waals surface area contributed by atoms with Gasteiger partial charge in [-0.15, -0.1) is 11.3 Å². The SMILES string of the molecule is CCN1CCN([C@@H](C)CNC(=O)NCCc2csc(C)n2)CC1. The second-order valence-electron chi connectivity index (χ2n) is 6.06. The minimum Gasteiger partial charge on any atom is -0.338 e. The zero-order valence-electron chi connectivity index (χ0n) is 14.5. The summed E-state index contributed by atoms with van der Waals surface area (Å²) in [6.07, 6.45) is 0.784. The Hall–Kier alpha value is -1.18. The fraction of sp³-hybridized carbons (Fsp3) is 0.750. The molecule has 130 valence electrons. The van der Waals surface area contributed by atoms with Crippen molar-refractivity contribution >= 4 is 17.4 Å². The maximum atomic E-state index is 11.9. The topological polar surface area (TPSA) is 60.5 Å². The van der Waals surface area contributed by atoms with Crippen LogP contribution >= 0.6 is 11.3 Å². The molecule has 2 heterocycles. The van der Waals surface area contributed by atoms with E-state index in [-0.39, 0.29) is 6.03 Å². The standard InChI is InChI=1S/C16H29N5OS/c1-4-20-7-9-21(10-8-20)13(2)11-18-16(22)17-6-5-15-12-23-14(3)19-15/h12-13H,4-11H2,1-3H3,(H2,17,18,22)/t13-/m0/s1. The lowest BCUT2D eigenvalue weighted by atomic mass is 10.2.